The van der Waals surface area contributed by atoms with Crippen LogP contribution in [0, 0.1) is 0 Å². The van der Waals surface area contributed by atoms with Gasteiger partial charge in [0.2, 0.25) is 0 Å². The van der Waals surface area contributed by atoms with Crippen LogP contribution in [0.5, 0.6) is 0 Å². The number of amides is 1. The lowest BCUT2D eigenvalue weighted by Crippen LogP contribution is -2.57. The third-order valence-electron chi connectivity index (χ3n) is 4.23. The number of halogens is 1. The summed E-state index contributed by atoms with van der Waals surface area (Å²) in [6.45, 7) is 9.72. The van der Waals surface area contributed by atoms with Crippen LogP contribution in [-0.2, 0) is 4.74 Å². The van der Waals surface area contributed by atoms with Gasteiger partial charge in [-0.05, 0) is 33.6 Å². The predicted molar refractivity (Wildman–Crippen MR) is 110 cm³/mol. The van der Waals surface area contributed by atoms with Gasteiger partial charge in [-0.15, -0.1) is 24.0 Å². The fraction of sp³-hybridized carbons (Fsp3) is 0.882. The third-order valence-corrected chi connectivity index (χ3v) is 4.23. The minimum absolute atomic E-state index is 0. The summed E-state index contributed by atoms with van der Waals surface area (Å²) in [6.07, 6.45) is 3.93. The number of carbonyl (C=O) groups is 1. The molecule has 2 N–H and O–H groups in total. The van der Waals surface area contributed by atoms with Crippen molar-refractivity contribution < 1.29 is 14.6 Å². The van der Waals surface area contributed by atoms with Crippen LogP contribution in [0.15, 0.2) is 4.99 Å². The van der Waals surface area contributed by atoms with Gasteiger partial charge in [-0.25, -0.2) is 4.79 Å². The first-order valence-electron chi connectivity index (χ1n) is 9.04. The van der Waals surface area contributed by atoms with Crippen LogP contribution in [0.25, 0.3) is 0 Å². The SMILES string of the molecule is CC(C)(C)OC(=O)N1CCN2C(NCCCCCCO)=NCC2C1.I. The van der Waals surface area contributed by atoms with E-state index in [9.17, 15) is 4.79 Å². The topological polar surface area (TPSA) is 77.4 Å². The van der Waals surface area contributed by atoms with Gasteiger partial charge in [0, 0.05) is 32.8 Å². The molecule has 1 amide bonds. The Balaban J connectivity index is 0.00000312. The molecular weight excluding hydrogens is 435 g/mol. The van der Waals surface area contributed by atoms with Crippen LogP contribution in [0.3, 0.4) is 0 Å². The average molecular weight is 468 g/mol. The molecule has 0 aromatic heterocycles. The number of guanidine groups is 1. The third kappa shape index (κ3) is 7.16. The first-order valence-corrected chi connectivity index (χ1v) is 9.04. The van der Waals surface area contributed by atoms with E-state index in [2.05, 4.69) is 15.2 Å². The van der Waals surface area contributed by atoms with Crippen molar-refractivity contribution in [2.24, 2.45) is 4.99 Å². The summed E-state index contributed by atoms with van der Waals surface area (Å²) in [7, 11) is 0. The van der Waals surface area contributed by atoms with Gasteiger partial charge < -0.3 is 25.0 Å². The summed E-state index contributed by atoms with van der Waals surface area (Å²) in [4.78, 5) is 20.9. The van der Waals surface area contributed by atoms with Gasteiger partial charge in [-0.3, -0.25) is 4.99 Å². The zero-order chi connectivity index (χ0) is 17.6. The van der Waals surface area contributed by atoms with Crippen molar-refractivity contribution in [2.45, 2.75) is 58.1 Å². The number of aliphatic hydroxyl groups excluding tert-OH is 1. The van der Waals surface area contributed by atoms with E-state index < -0.39 is 5.60 Å². The molecule has 8 heteroatoms. The first kappa shape index (κ1) is 22.3. The van der Waals surface area contributed by atoms with Crippen molar-refractivity contribution in [3.8, 4) is 0 Å². The Kier molecular flexibility index (Phi) is 9.26. The highest BCUT2D eigenvalue weighted by atomic mass is 127. The van der Waals surface area contributed by atoms with Gasteiger partial charge in [0.1, 0.15) is 5.60 Å². The Morgan fingerprint density at radius 1 is 1.28 bits per heavy atom. The Hall–Kier alpha value is -0.770. The van der Waals surface area contributed by atoms with Crippen molar-refractivity contribution in [2.75, 3.05) is 39.3 Å². The number of aliphatic hydroxyl groups is 1. The van der Waals surface area contributed by atoms with Crippen LogP contribution in [0.2, 0.25) is 0 Å². The Bertz CT molecular complexity index is 454. The summed E-state index contributed by atoms with van der Waals surface area (Å²) < 4.78 is 5.46. The fourth-order valence-electron chi connectivity index (χ4n) is 3.01. The van der Waals surface area contributed by atoms with Gasteiger partial charge in [0.25, 0.3) is 0 Å². The zero-order valence-corrected chi connectivity index (χ0v) is 18.0. The molecule has 2 aliphatic heterocycles. The number of carbonyl (C=O) groups excluding carboxylic acids is 1. The van der Waals surface area contributed by atoms with Crippen LogP contribution in [0.4, 0.5) is 4.79 Å². The number of ether oxygens (including phenoxy) is 1. The molecule has 1 saturated heterocycles. The second-order valence-electron chi connectivity index (χ2n) is 7.50. The van der Waals surface area contributed by atoms with E-state index in [4.69, 9.17) is 9.84 Å². The zero-order valence-electron chi connectivity index (χ0n) is 15.7. The molecule has 25 heavy (non-hydrogen) atoms. The summed E-state index contributed by atoms with van der Waals surface area (Å²) in [5, 5.41) is 12.2. The second kappa shape index (κ2) is 10.4. The molecule has 2 heterocycles. The van der Waals surface area contributed by atoms with Crippen molar-refractivity contribution >= 4 is 36.0 Å². The minimum Gasteiger partial charge on any atom is -0.444 e. The van der Waals surface area contributed by atoms with Crippen LogP contribution >= 0.6 is 24.0 Å². The first-order chi connectivity index (χ1) is 11.4. The molecule has 0 aromatic carbocycles. The molecule has 1 fully saturated rings. The standard InChI is InChI=1S/C17H32N4O3.HI/c1-17(2,3)24-16(23)20-9-10-21-14(13-20)12-19-15(21)18-8-6-4-5-7-11-22;/h14,22H,4-13H2,1-3H3,(H,18,19);1H. The summed E-state index contributed by atoms with van der Waals surface area (Å²) in [5.74, 6) is 0.964. The number of fused-ring (bicyclic) bond motifs is 1. The lowest BCUT2D eigenvalue weighted by atomic mass is 10.2. The van der Waals surface area contributed by atoms with E-state index in [0.717, 1.165) is 51.3 Å². The molecule has 2 rings (SSSR count). The molecule has 1 atom stereocenters. The lowest BCUT2D eigenvalue weighted by molar-refractivity contribution is 0.0137. The number of hydrogen-bond donors (Lipinski definition) is 2. The number of piperazine rings is 1. The van der Waals surface area contributed by atoms with E-state index in [1.165, 1.54) is 0 Å². The molecule has 0 saturated carbocycles. The molecule has 0 radical (unpaired) electrons. The Labute approximate surface area is 168 Å². The predicted octanol–water partition coefficient (Wildman–Crippen LogP) is 2.04. The van der Waals surface area contributed by atoms with E-state index in [1.54, 1.807) is 4.90 Å². The smallest absolute Gasteiger partial charge is 0.410 e. The van der Waals surface area contributed by atoms with Gasteiger partial charge in [-0.1, -0.05) is 12.8 Å². The number of rotatable bonds is 6. The summed E-state index contributed by atoms with van der Waals surface area (Å²) >= 11 is 0. The number of nitrogens with one attached hydrogen (secondary N) is 1. The number of nitrogens with zero attached hydrogens (tertiary/aromatic N) is 3. The highest BCUT2D eigenvalue weighted by molar-refractivity contribution is 14.0. The lowest BCUT2D eigenvalue weighted by Gasteiger charge is -2.39. The van der Waals surface area contributed by atoms with Crippen molar-refractivity contribution in [1.29, 1.82) is 0 Å². The maximum atomic E-state index is 12.2. The highest BCUT2D eigenvalue weighted by Crippen LogP contribution is 2.18. The monoisotopic (exact) mass is 468 g/mol. The van der Waals surface area contributed by atoms with E-state index in [-0.39, 0.29) is 42.7 Å². The van der Waals surface area contributed by atoms with Crippen molar-refractivity contribution in [3.05, 3.63) is 0 Å². The van der Waals surface area contributed by atoms with Gasteiger partial charge in [0.15, 0.2) is 5.96 Å². The van der Waals surface area contributed by atoms with E-state index >= 15 is 0 Å². The van der Waals surface area contributed by atoms with Crippen LogP contribution in [-0.4, -0.2) is 77.9 Å². The molecular formula is C17H33IN4O3. The van der Waals surface area contributed by atoms with Gasteiger partial charge >= 0.3 is 6.09 Å². The molecule has 2 aliphatic rings. The molecule has 0 aliphatic carbocycles. The molecule has 7 nitrogen and oxygen atoms in total. The molecule has 146 valence electrons. The van der Waals surface area contributed by atoms with E-state index in [1.807, 2.05) is 20.8 Å². The number of hydrogen-bond acceptors (Lipinski definition) is 6. The van der Waals surface area contributed by atoms with Gasteiger partial charge in [-0.2, -0.15) is 0 Å². The minimum atomic E-state index is -0.455. The maximum Gasteiger partial charge on any atom is 0.410 e. The summed E-state index contributed by atoms with van der Waals surface area (Å²) in [6, 6.07) is 0.253. The van der Waals surface area contributed by atoms with Gasteiger partial charge in [0.05, 0.1) is 12.6 Å². The molecule has 1 unspecified atom stereocenters. The van der Waals surface area contributed by atoms with Crippen molar-refractivity contribution in [1.82, 2.24) is 15.1 Å². The van der Waals surface area contributed by atoms with Crippen LogP contribution in [0.1, 0.15) is 46.5 Å². The quantitative estimate of drug-likeness (QED) is 0.461. The second-order valence-corrected chi connectivity index (χ2v) is 7.50. The van der Waals surface area contributed by atoms with E-state index in [0.29, 0.717) is 13.1 Å². The fourth-order valence-corrected chi connectivity index (χ4v) is 3.01. The Morgan fingerprint density at radius 3 is 2.68 bits per heavy atom. The highest BCUT2D eigenvalue weighted by Gasteiger charge is 2.36. The largest absolute Gasteiger partial charge is 0.444 e. The normalized spacial score (nSPS) is 19.8. The average Bonchev–Trinajstić information content (AvgIpc) is 2.91. The number of aliphatic imine (C=N–C) groups is 1. The Morgan fingerprint density at radius 2 is 2.00 bits per heavy atom. The number of unbranched alkanes of at least 4 members (excludes halogenated alkanes) is 3. The summed E-state index contributed by atoms with van der Waals surface area (Å²) in [5.41, 5.74) is -0.455. The molecule has 0 spiro atoms. The molecule has 0 aromatic rings. The molecule has 0 bridgehead atoms. The van der Waals surface area contributed by atoms with Crippen LogP contribution < -0.4 is 5.32 Å². The maximum absolute atomic E-state index is 12.2. The van der Waals surface area contributed by atoms with Crippen molar-refractivity contribution in [3.63, 3.8) is 0 Å².